The third-order valence-corrected chi connectivity index (χ3v) is 8.46. The van der Waals surface area contributed by atoms with Crippen LogP contribution in [0.15, 0.2) is 71.3 Å². The van der Waals surface area contributed by atoms with Gasteiger partial charge in [-0.3, -0.25) is 9.10 Å². The molecule has 0 aliphatic rings. The monoisotopic (exact) mass is 601 g/mol. The summed E-state index contributed by atoms with van der Waals surface area (Å²) in [5, 5.41) is 2.96. The van der Waals surface area contributed by atoms with Gasteiger partial charge in [0.15, 0.2) is 5.65 Å². The largest absolute Gasteiger partial charge is 0.455 e. The quantitative estimate of drug-likeness (QED) is 0.240. The molecule has 12 heteroatoms. The number of aromatic nitrogens is 3. The first kappa shape index (κ1) is 28.0. The second-order valence-corrected chi connectivity index (χ2v) is 12.1. The van der Waals surface area contributed by atoms with Crippen LogP contribution in [-0.2, 0) is 10.0 Å². The third kappa shape index (κ3) is 4.99. The number of anilines is 1. The average Bonchev–Trinajstić information content (AvgIpc) is 3.58. The Morgan fingerprint density at radius 3 is 2.37 bits per heavy atom. The number of aromatic amines is 1. The Hall–Kier alpha value is -5.10. The number of benzene rings is 3. The number of furan rings is 1. The molecule has 43 heavy (non-hydrogen) atoms. The standard InChI is InChI=1S/C31H25F2N5O4S/c1-16-9-10-35-30-27(16)36-29(37-30)19-11-18(12-21(33)13-19)22-14-23-25(15-24(22)38(3)43(4,40)41)42-28(26(23)31(39)34-2)17-5-7-20(32)8-6-17/h5-15H,1-4H3,(H,34,39)(H,35,36,37). The molecule has 6 aromatic rings. The van der Waals surface area contributed by atoms with Crippen LogP contribution < -0.4 is 9.62 Å². The minimum atomic E-state index is -3.78. The number of imidazole rings is 1. The summed E-state index contributed by atoms with van der Waals surface area (Å²) in [7, 11) is -0.945. The maximum atomic E-state index is 15.2. The van der Waals surface area contributed by atoms with Crippen LogP contribution in [0.4, 0.5) is 14.5 Å². The average molecular weight is 602 g/mol. The fraction of sp³-hybridized carbons (Fsp3) is 0.129. The fourth-order valence-electron chi connectivity index (χ4n) is 5.01. The first-order chi connectivity index (χ1) is 20.4. The minimum Gasteiger partial charge on any atom is -0.455 e. The minimum absolute atomic E-state index is 0.161. The lowest BCUT2D eigenvalue weighted by Gasteiger charge is -2.21. The molecule has 0 atom stereocenters. The van der Waals surface area contributed by atoms with Crippen LogP contribution in [0.1, 0.15) is 15.9 Å². The van der Waals surface area contributed by atoms with Gasteiger partial charge in [-0.05, 0) is 72.6 Å². The van der Waals surface area contributed by atoms with E-state index in [1.54, 1.807) is 18.3 Å². The zero-order valence-electron chi connectivity index (χ0n) is 23.5. The summed E-state index contributed by atoms with van der Waals surface area (Å²) in [4.78, 5) is 25.2. The van der Waals surface area contributed by atoms with Gasteiger partial charge in [0, 0.05) is 48.4 Å². The molecule has 0 unspecified atom stereocenters. The molecular weight excluding hydrogens is 576 g/mol. The van der Waals surface area contributed by atoms with Gasteiger partial charge in [0.25, 0.3) is 5.91 Å². The van der Waals surface area contributed by atoms with Crippen molar-refractivity contribution in [2.45, 2.75) is 6.92 Å². The molecule has 3 aromatic carbocycles. The summed E-state index contributed by atoms with van der Waals surface area (Å²) in [6.07, 6.45) is 2.69. The van der Waals surface area contributed by atoms with Crippen LogP contribution in [0.2, 0.25) is 0 Å². The number of carbonyl (C=O) groups is 1. The van der Waals surface area contributed by atoms with Crippen molar-refractivity contribution in [1.29, 1.82) is 0 Å². The summed E-state index contributed by atoms with van der Waals surface area (Å²) in [5.74, 6) is -0.970. The highest BCUT2D eigenvalue weighted by Crippen LogP contribution is 2.42. The number of fused-ring (bicyclic) bond motifs is 2. The summed E-state index contributed by atoms with van der Waals surface area (Å²) in [5.41, 5.74) is 4.15. The Bertz CT molecular complexity index is 2170. The van der Waals surface area contributed by atoms with E-state index >= 15 is 4.39 Å². The van der Waals surface area contributed by atoms with E-state index in [-0.39, 0.29) is 22.6 Å². The van der Waals surface area contributed by atoms with Crippen LogP contribution in [-0.4, -0.2) is 49.6 Å². The number of nitrogens with one attached hydrogen (secondary N) is 2. The molecule has 218 valence electrons. The van der Waals surface area contributed by atoms with E-state index in [1.165, 1.54) is 56.6 Å². The first-order valence-corrected chi connectivity index (χ1v) is 14.9. The first-order valence-electron chi connectivity index (χ1n) is 13.1. The Balaban J connectivity index is 1.63. The van der Waals surface area contributed by atoms with Gasteiger partial charge in [-0.15, -0.1) is 0 Å². The Morgan fingerprint density at radius 2 is 1.70 bits per heavy atom. The maximum Gasteiger partial charge on any atom is 0.255 e. The molecule has 0 radical (unpaired) electrons. The van der Waals surface area contributed by atoms with Crippen molar-refractivity contribution in [3.63, 3.8) is 0 Å². The molecule has 0 saturated carbocycles. The van der Waals surface area contributed by atoms with Gasteiger partial charge in [0.2, 0.25) is 10.0 Å². The van der Waals surface area contributed by atoms with Crippen LogP contribution >= 0.6 is 0 Å². The molecule has 2 N–H and O–H groups in total. The van der Waals surface area contributed by atoms with E-state index in [9.17, 15) is 17.6 Å². The highest BCUT2D eigenvalue weighted by molar-refractivity contribution is 7.92. The van der Waals surface area contributed by atoms with Crippen molar-refractivity contribution >= 4 is 43.8 Å². The number of hydrogen-bond acceptors (Lipinski definition) is 6. The van der Waals surface area contributed by atoms with Gasteiger partial charge in [-0.1, -0.05) is 0 Å². The Kier molecular flexibility index (Phi) is 6.73. The molecule has 6 rings (SSSR count). The van der Waals surface area contributed by atoms with Gasteiger partial charge < -0.3 is 14.7 Å². The molecule has 0 saturated heterocycles. The topological polar surface area (TPSA) is 121 Å². The zero-order chi connectivity index (χ0) is 30.6. The van der Waals surface area contributed by atoms with Crippen molar-refractivity contribution < 1.29 is 26.4 Å². The summed E-state index contributed by atoms with van der Waals surface area (Å²) >= 11 is 0. The van der Waals surface area contributed by atoms with Gasteiger partial charge in [-0.2, -0.15) is 0 Å². The molecule has 0 bridgehead atoms. The Morgan fingerprint density at radius 1 is 0.977 bits per heavy atom. The summed E-state index contributed by atoms with van der Waals surface area (Å²) in [6, 6.07) is 14.6. The van der Waals surface area contributed by atoms with Crippen LogP contribution in [0.25, 0.3) is 56.0 Å². The predicted octanol–water partition coefficient (Wildman–Crippen LogP) is 6.05. The van der Waals surface area contributed by atoms with E-state index in [1.807, 2.05) is 13.0 Å². The molecule has 3 aromatic heterocycles. The molecule has 1 amide bonds. The Labute approximate surface area is 245 Å². The summed E-state index contributed by atoms with van der Waals surface area (Å²) < 4.78 is 61.5. The number of hydrogen-bond donors (Lipinski definition) is 2. The number of halogens is 2. The van der Waals surface area contributed by atoms with Gasteiger partial charge in [0.05, 0.1) is 17.5 Å². The van der Waals surface area contributed by atoms with E-state index < -0.39 is 27.6 Å². The van der Waals surface area contributed by atoms with E-state index in [4.69, 9.17) is 4.42 Å². The molecular formula is C31H25F2N5O4S. The fourth-order valence-corrected chi connectivity index (χ4v) is 5.52. The van der Waals surface area contributed by atoms with Crippen molar-refractivity contribution in [3.05, 3.63) is 89.6 Å². The molecule has 0 spiro atoms. The van der Waals surface area contributed by atoms with Gasteiger partial charge >= 0.3 is 0 Å². The number of pyridine rings is 1. The van der Waals surface area contributed by atoms with Gasteiger partial charge in [0.1, 0.15) is 34.3 Å². The number of nitrogens with zero attached hydrogens (tertiary/aromatic N) is 3. The van der Waals surface area contributed by atoms with Crippen LogP contribution in [0, 0.1) is 18.6 Å². The van der Waals surface area contributed by atoms with Crippen molar-refractivity contribution in [3.8, 4) is 33.8 Å². The lowest BCUT2D eigenvalue weighted by molar-refractivity contribution is 0.0964. The third-order valence-electron chi connectivity index (χ3n) is 7.27. The normalized spacial score (nSPS) is 11.8. The molecule has 0 aliphatic carbocycles. The predicted molar refractivity (Wildman–Crippen MR) is 161 cm³/mol. The zero-order valence-corrected chi connectivity index (χ0v) is 24.3. The van der Waals surface area contributed by atoms with E-state index in [2.05, 4.69) is 20.3 Å². The molecule has 3 heterocycles. The number of carbonyl (C=O) groups excluding carboxylic acids is 1. The van der Waals surface area contributed by atoms with E-state index in [0.717, 1.165) is 16.1 Å². The lowest BCUT2D eigenvalue weighted by Crippen LogP contribution is -2.25. The van der Waals surface area contributed by atoms with Crippen LogP contribution in [0.3, 0.4) is 0 Å². The number of amides is 1. The highest BCUT2D eigenvalue weighted by atomic mass is 32.2. The number of H-pyrrole nitrogens is 1. The second kappa shape index (κ2) is 10.3. The van der Waals surface area contributed by atoms with Crippen molar-refractivity contribution in [2.24, 2.45) is 0 Å². The number of rotatable bonds is 6. The van der Waals surface area contributed by atoms with Crippen LogP contribution in [0.5, 0.6) is 0 Å². The van der Waals surface area contributed by atoms with Crippen molar-refractivity contribution in [1.82, 2.24) is 20.3 Å². The van der Waals surface area contributed by atoms with Crippen molar-refractivity contribution in [2.75, 3.05) is 24.7 Å². The van der Waals surface area contributed by atoms with Gasteiger partial charge in [-0.25, -0.2) is 27.2 Å². The SMILES string of the molecule is CNC(=O)c1c(-c2ccc(F)cc2)oc2cc(N(C)S(C)(=O)=O)c(-c3cc(F)cc(-c4nc5c(C)ccnc5[nH]4)c3)cc12. The number of sulfonamides is 1. The smallest absolute Gasteiger partial charge is 0.255 e. The maximum absolute atomic E-state index is 15.2. The number of aryl methyl sites for hydroxylation is 1. The highest BCUT2D eigenvalue weighted by Gasteiger charge is 2.26. The molecule has 0 fully saturated rings. The second-order valence-electron chi connectivity index (χ2n) is 10.1. The molecule has 9 nitrogen and oxygen atoms in total. The molecule has 0 aliphatic heterocycles. The lowest BCUT2D eigenvalue weighted by atomic mass is 9.97. The summed E-state index contributed by atoms with van der Waals surface area (Å²) in [6.45, 7) is 1.89. The van der Waals surface area contributed by atoms with E-state index in [0.29, 0.717) is 44.6 Å².